The van der Waals surface area contributed by atoms with Gasteiger partial charge in [-0.25, -0.2) is 4.98 Å². The topological polar surface area (TPSA) is 63.1 Å². The van der Waals surface area contributed by atoms with E-state index in [1.165, 1.54) is 5.56 Å². The standard InChI is InChI=1S/C21H24N4O/c1-15(16-9-5-4-6-10-16)22-14-21(26)24-19-13-20(25(2)3)23-18-12-8-7-11-17(18)19/h4-13,15,22H,14H2,1-3H3,(H,23,24,26)/p+2/t15-/m1/s1. The molecule has 0 unspecified atom stereocenters. The molecule has 0 aliphatic heterocycles. The fraction of sp³-hybridized carbons (Fsp3) is 0.238. The first kappa shape index (κ1) is 17.9. The minimum atomic E-state index is -0.00570. The molecular formula is C21H26N4O+2. The molecule has 1 amide bonds. The molecule has 0 spiro atoms. The number of benzene rings is 2. The third kappa shape index (κ3) is 4.18. The van der Waals surface area contributed by atoms with Crippen LogP contribution in [0.4, 0.5) is 11.5 Å². The summed E-state index contributed by atoms with van der Waals surface area (Å²) < 4.78 is 0. The highest BCUT2D eigenvalue weighted by atomic mass is 16.1. The van der Waals surface area contributed by atoms with Crippen molar-refractivity contribution in [3.05, 3.63) is 66.2 Å². The number of hydrogen-bond donors (Lipinski definition) is 2. The third-order valence-corrected chi connectivity index (χ3v) is 4.50. The van der Waals surface area contributed by atoms with Gasteiger partial charge in [-0.05, 0) is 19.1 Å². The number of H-pyrrole nitrogens is 1. The lowest BCUT2D eigenvalue weighted by molar-refractivity contribution is -0.682. The highest BCUT2D eigenvalue weighted by molar-refractivity contribution is 6.00. The van der Waals surface area contributed by atoms with Crippen LogP contribution in [0.1, 0.15) is 18.5 Å². The molecular weight excluding hydrogens is 324 g/mol. The number of fused-ring (bicyclic) bond motifs is 1. The molecule has 3 aromatic rings. The van der Waals surface area contributed by atoms with Crippen molar-refractivity contribution in [3.63, 3.8) is 0 Å². The van der Waals surface area contributed by atoms with Gasteiger partial charge in [0.15, 0.2) is 6.54 Å². The Bertz CT molecular complexity index is 893. The minimum Gasteiger partial charge on any atom is -0.333 e. The minimum absolute atomic E-state index is 0.00570. The number of nitrogens with one attached hydrogen (secondary N) is 2. The quantitative estimate of drug-likeness (QED) is 0.714. The first-order valence-electron chi connectivity index (χ1n) is 8.85. The van der Waals surface area contributed by atoms with Crippen molar-refractivity contribution in [2.24, 2.45) is 0 Å². The summed E-state index contributed by atoms with van der Waals surface area (Å²) in [6.45, 7) is 2.49. The number of amides is 1. The molecule has 26 heavy (non-hydrogen) atoms. The summed E-state index contributed by atoms with van der Waals surface area (Å²) in [7, 11) is 3.95. The van der Waals surface area contributed by atoms with Crippen LogP contribution in [0.5, 0.6) is 0 Å². The van der Waals surface area contributed by atoms with Crippen LogP contribution in [-0.2, 0) is 4.79 Å². The van der Waals surface area contributed by atoms with Crippen LogP contribution >= 0.6 is 0 Å². The number of aromatic amines is 1. The fourth-order valence-corrected chi connectivity index (χ4v) is 2.94. The van der Waals surface area contributed by atoms with E-state index in [1.807, 2.05) is 67.5 Å². The van der Waals surface area contributed by atoms with Crippen LogP contribution in [0.25, 0.3) is 10.9 Å². The molecule has 1 atom stereocenters. The summed E-state index contributed by atoms with van der Waals surface area (Å²) in [4.78, 5) is 17.9. The maximum absolute atomic E-state index is 12.5. The number of anilines is 2. The summed E-state index contributed by atoms with van der Waals surface area (Å²) in [5, 5.41) is 6.12. The number of nitrogens with two attached hydrogens (primary N) is 1. The van der Waals surface area contributed by atoms with Gasteiger partial charge in [0.2, 0.25) is 0 Å². The number of hydrogen-bond acceptors (Lipinski definition) is 2. The molecule has 2 aromatic carbocycles. The molecule has 0 saturated carbocycles. The highest BCUT2D eigenvalue weighted by Crippen LogP contribution is 2.23. The van der Waals surface area contributed by atoms with Crippen molar-refractivity contribution < 1.29 is 15.1 Å². The van der Waals surface area contributed by atoms with Gasteiger partial charge in [0, 0.05) is 10.9 Å². The lowest BCUT2D eigenvalue weighted by Gasteiger charge is -2.13. The van der Waals surface area contributed by atoms with Crippen LogP contribution in [0.3, 0.4) is 0 Å². The molecule has 0 aliphatic carbocycles. The van der Waals surface area contributed by atoms with Gasteiger partial charge in [0.1, 0.15) is 11.6 Å². The van der Waals surface area contributed by atoms with Crippen molar-refractivity contribution in [3.8, 4) is 0 Å². The van der Waals surface area contributed by atoms with Gasteiger partial charge in [-0.2, -0.15) is 0 Å². The van der Waals surface area contributed by atoms with E-state index in [2.05, 4.69) is 34.7 Å². The number of aromatic nitrogens is 1. The summed E-state index contributed by atoms with van der Waals surface area (Å²) in [5.74, 6) is 0.939. The number of nitrogens with zero attached hydrogens (tertiary/aromatic N) is 1. The second kappa shape index (κ2) is 7.97. The summed E-state index contributed by atoms with van der Waals surface area (Å²) in [6.07, 6.45) is 0. The van der Waals surface area contributed by atoms with Crippen LogP contribution in [-0.4, -0.2) is 26.5 Å². The van der Waals surface area contributed by atoms with E-state index in [1.54, 1.807) is 0 Å². The Morgan fingerprint density at radius 2 is 1.81 bits per heavy atom. The molecule has 134 valence electrons. The van der Waals surface area contributed by atoms with Crippen LogP contribution in [0.2, 0.25) is 0 Å². The molecule has 0 fully saturated rings. The van der Waals surface area contributed by atoms with E-state index in [0.717, 1.165) is 22.4 Å². The Kier molecular flexibility index (Phi) is 5.49. The molecule has 4 N–H and O–H groups in total. The van der Waals surface area contributed by atoms with Crippen molar-refractivity contribution in [2.45, 2.75) is 13.0 Å². The predicted molar refractivity (Wildman–Crippen MR) is 105 cm³/mol. The lowest BCUT2D eigenvalue weighted by Crippen LogP contribution is -2.86. The highest BCUT2D eigenvalue weighted by Gasteiger charge is 2.16. The second-order valence-electron chi connectivity index (χ2n) is 6.70. The van der Waals surface area contributed by atoms with E-state index in [4.69, 9.17) is 0 Å². The van der Waals surface area contributed by atoms with Gasteiger partial charge in [-0.15, -0.1) is 0 Å². The average molecular weight is 350 g/mol. The maximum Gasteiger partial charge on any atom is 0.279 e. The first-order valence-corrected chi connectivity index (χ1v) is 8.85. The molecule has 0 saturated heterocycles. The Hall–Kier alpha value is -2.92. The Morgan fingerprint density at radius 3 is 2.54 bits per heavy atom. The van der Waals surface area contributed by atoms with Gasteiger partial charge < -0.3 is 10.6 Å². The summed E-state index contributed by atoms with van der Waals surface area (Å²) in [6, 6.07) is 20.4. The average Bonchev–Trinajstić information content (AvgIpc) is 2.66. The fourth-order valence-electron chi connectivity index (χ4n) is 2.94. The van der Waals surface area contributed by atoms with E-state index < -0.39 is 0 Å². The smallest absolute Gasteiger partial charge is 0.279 e. The monoisotopic (exact) mass is 350 g/mol. The van der Waals surface area contributed by atoms with Gasteiger partial charge in [0.05, 0.1) is 25.8 Å². The maximum atomic E-state index is 12.5. The summed E-state index contributed by atoms with van der Waals surface area (Å²) in [5.41, 5.74) is 3.04. The zero-order chi connectivity index (χ0) is 18.5. The van der Waals surface area contributed by atoms with Gasteiger partial charge >= 0.3 is 0 Å². The normalized spacial score (nSPS) is 12.0. The Balaban J connectivity index is 1.73. The molecule has 0 radical (unpaired) electrons. The molecule has 0 aliphatic rings. The van der Waals surface area contributed by atoms with Crippen molar-refractivity contribution in [1.82, 2.24) is 0 Å². The largest absolute Gasteiger partial charge is 0.333 e. The summed E-state index contributed by atoms with van der Waals surface area (Å²) >= 11 is 0. The molecule has 5 nitrogen and oxygen atoms in total. The number of quaternary nitrogens is 1. The number of carbonyl (C=O) groups is 1. The number of carbonyl (C=O) groups excluding carboxylic acids is 1. The van der Waals surface area contributed by atoms with Gasteiger partial charge in [-0.1, -0.05) is 42.5 Å². The van der Waals surface area contributed by atoms with E-state index in [0.29, 0.717) is 6.54 Å². The SMILES string of the molecule is C[C@@H]([NH2+]CC(=O)Nc1cc(N(C)C)[nH+]c2ccccc12)c1ccccc1. The van der Waals surface area contributed by atoms with Crippen molar-refractivity contribution >= 4 is 28.3 Å². The second-order valence-corrected chi connectivity index (χ2v) is 6.70. The Morgan fingerprint density at radius 1 is 1.12 bits per heavy atom. The molecule has 1 aromatic heterocycles. The third-order valence-electron chi connectivity index (χ3n) is 4.50. The molecule has 3 rings (SSSR count). The number of para-hydroxylation sites is 1. The van der Waals surface area contributed by atoms with E-state index >= 15 is 0 Å². The molecule has 0 bridgehead atoms. The zero-order valence-corrected chi connectivity index (χ0v) is 15.5. The van der Waals surface area contributed by atoms with E-state index in [-0.39, 0.29) is 11.9 Å². The van der Waals surface area contributed by atoms with Crippen molar-refractivity contribution in [2.75, 3.05) is 30.9 Å². The van der Waals surface area contributed by atoms with E-state index in [9.17, 15) is 4.79 Å². The lowest BCUT2D eigenvalue weighted by atomic mass is 10.1. The van der Waals surface area contributed by atoms with Crippen LogP contribution in [0, 0.1) is 0 Å². The Labute approximate surface area is 154 Å². The van der Waals surface area contributed by atoms with Gasteiger partial charge in [-0.3, -0.25) is 9.69 Å². The molecule has 5 heteroatoms. The van der Waals surface area contributed by atoms with Crippen LogP contribution < -0.4 is 20.5 Å². The molecule has 1 heterocycles. The predicted octanol–water partition coefficient (Wildman–Crippen LogP) is 1.98. The van der Waals surface area contributed by atoms with Crippen LogP contribution in [0.15, 0.2) is 60.7 Å². The van der Waals surface area contributed by atoms with Crippen molar-refractivity contribution in [1.29, 1.82) is 0 Å². The zero-order valence-electron chi connectivity index (χ0n) is 15.5. The number of rotatable bonds is 6. The first-order chi connectivity index (χ1) is 12.5. The van der Waals surface area contributed by atoms with Gasteiger partial charge in [0.25, 0.3) is 11.7 Å². The number of pyridine rings is 1.